The second-order valence-electron chi connectivity index (χ2n) is 8.09. The third-order valence-electron chi connectivity index (χ3n) is 5.85. The van der Waals surface area contributed by atoms with Crippen molar-refractivity contribution in [2.45, 2.75) is 45.6 Å². The fourth-order valence-electron chi connectivity index (χ4n) is 4.10. The van der Waals surface area contributed by atoms with Crippen molar-refractivity contribution in [2.24, 2.45) is 5.73 Å². The van der Waals surface area contributed by atoms with Crippen LogP contribution in [-0.2, 0) is 24.6 Å². The molecule has 2 atom stereocenters. The molecule has 1 aromatic rings. The molecule has 1 aliphatic heterocycles. The number of Topliss-reactive ketones (excluding diaryl/α,β-unsaturated/α-hetero) is 2. The molecule has 1 aliphatic carbocycles. The first-order chi connectivity index (χ1) is 15.2. The number of amides is 1. The Hall–Kier alpha value is -4.15. The van der Waals surface area contributed by atoms with Crippen LogP contribution in [0.4, 0.5) is 0 Å². The lowest BCUT2D eigenvalue weighted by Gasteiger charge is -2.29. The number of fused-ring (bicyclic) bond motifs is 3. The monoisotopic (exact) mass is 458 g/mol. The van der Waals surface area contributed by atoms with Crippen LogP contribution < -0.4 is 15.8 Å². The average molecular weight is 458 g/mol. The van der Waals surface area contributed by atoms with E-state index in [9.17, 15) is 39.3 Å². The molecular formula is C22H22N2O9. The van der Waals surface area contributed by atoms with Gasteiger partial charge in [0.2, 0.25) is 5.91 Å². The molecule has 33 heavy (non-hydrogen) atoms. The Bertz CT molecular complexity index is 1220. The summed E-state index contributed by atoms with van der Waals surface area (Å²) in [6, 6.07) is -1.49. The number of hydrogen-bond acceptors (Lipinski definition) is 9. The van der Waals surface area contributed by atoms with Gasteiger partial charge in [0.05, 0.1) is 17.6 Å². The molecule has 0 radical (unpaired) electrons. The van der Waals surface area contributed by atoms with E-state index < -0.39 is 64.2 Å². The van der Waals surface area contributed by atoms with Crippen LogP contribution in [0, 0.1) is 6.92 Å². The number of benzene rings is 1. The van der Waals surface area contributed by atoms with Gasteiger partial charge in [0.15, 0.2) is 17.3 Å². The van der Waals surface area contributed by atoms with Crippen molar-refractivity contribution < 1.29 is 44.0 Å². The van der Waals surface area contributed by atoms with E-state index in [0.717, 1.165) is 6.08 Å². The Morgan fingerprint density at radius 2 is 1.79 bits per heavy atom. The molecule has 11 heteroatoms. The molecule has 0 spiro atoms. The van der Waals surface area contributed by atoms with Gasteiger partial charge in [-0.2, -0.15) is 0 Å². The molecule has 1 amide bonds. The van der Waals surface area contributed by atoms with Gasteiger partial charge < -0.3 is 31.1 Å². The minimum atomic E-state index is -1.74. The molecule has 3 rings (SSSR count). The lowest BCUT2D eigenvalue weighted by molar-refractivity contribution is -0.141. The highest BCUT2D eigenvalue weighted by molar-refractivity contribution is 6.31. The van der Waals surface area contributed by atoms with E-state index in [1.165, 1.54) is 27.7 Å². The molecule has 0 bridgehead atoms. The molecule has 0 aromatic heterocycles. The van der Waals surface area contributed by atoms with E-state index in [4.69, 9.17) is 10.5 Å². The Kier molecular flexibility index (Phi) is 5.53. The number of carbonyl (C=O) groups excluding carboxylic acids is 4. The number of carbonyl (C=O) groups is 5. The summed E-state index contributed by atoms with van der Waals surface area (Å²) in [7, 11) is 0. The van der Waals surface area contributed by atoms with Crippen molar-refractivity contribution in [3.63, 3.8) is 0 Å². The first-order valence-electron chi connectivity index (χ1n) is 9.80. The number of ketones is 3. The van der Waals surface area contributed by atoms with E-state index in [-0.39, 0.29) is 33.9 Å². The average Bonchev–Trinajstić information content (AvgIpc) is 2.98. The molecule has 0 fully saturated rings. The molecule has 2 aliphatic rings. The Labute approximate surface area is 187 Å². The Morgan fingerprint density at radius 1 is 1.18 bits per heavy atom. The van der Waals surface area contributed by atoms with Gasteiger partial charge >= 0.3 is 5.97 Å². The van der Waals surface area contributed by atoms with Crippen molar-refractivity contribution in [3.8, 4) is 17.2 Å². The van der Waals surface area contributed by atoms with Crippen LogP contribution >= 0.6 is 0 Å². The van der Waals surface area contributed by atoms with Gasteiger partial charge in [-0.05, 0) is 27.7 Å². The van der Waals surface area contributed by atoms with Gasteiger partial charge in [0.25, 0.3) is 0 Å². The standard InChI is InChI=1S/C22H22N2O9/c1-7-17(28)15(9(3)25)19-16(18(7)29)22(4)12(33-19)6-11(26)14(20(22)30)8(2)24-10(21(31)32)5-13(23)27/h6,10,24,28-29H,5H2,1-4H3,(H2,23,27)(H,31,32)/b14-8+/t10-,22-/m0/s1. The number of aliphatic carboxylic acids is 1. The first kappa shape index (κ1) is 23.5. The lowest BCUT2D eigenvalue weighted by atomic mass is 9.70. The summed E-state index contributed by atoms with van der Waals surface area (Å²) in [5, 5.41) is 32.9. The van der Waals surface area contributed by atoms with Gasteiger partial charge in [-0.1, -0.05) is 0 Å². The first-order valence-corrected chi connectivity index (χ1v) is 9.80. The summed E-state index contributed by atoms with van der Waals surface area (Å²) >= 11 is 0. The summed E-state index contributed by atoms with van der Waals surface area (Å²) in [5.41, 5.74) is 2.41. The van der Waals surface area contributed by atoms with Gasteiger partial charge in [0.1, 0.15) is 40.0 Å². The second kappa shape index (κ2) is 7.76. The van der Waals surface area contributed by atoms with Gasteiger partial charge in [-0.3, -0.25) is 19.2 Å². The van der Waals surface area contributed by atoms with E-state index in [1.807, 2.05) is 0 Å². The highest BCUT2D eigenvalue weighted by Gasteiger charge is 2.56. The number of allylic oxidation sites excluding steroid dienone is 4. The van der Waals surface area contributed by atoms with Crippen LogP contribution in [0.3, 0.4) is 0 Å². The van der Waals surface area contributed by atoms with Crippen molar-refractivity contribution in [1.82, 2.24) is 5.32 Å². The van der Waals surface area contributed by atoms with Crippen molar-refractivity contribution in [2.75, 3.05) is 0 Å². The quantitative estimate of drug-likeness (QED) is 0.227. The Morgan fingerprint density at radius 3 is 2.30 bits per heavy atom. The van der Waals surface area contributed by atoms with E-state index in [0.29, 0.717) is 0 Å². The zero-order chi connectivity index (χ0) is 25.0. The van der Waals surface area contributed by atoms with Crippen LogP contribution in [0.5, 0.6) is 17.2 Å². The number of nitrogens with one attached hydrogen (secondary N) is 1. The summed E-state index contributed by atoms with van der Waals surface area (Å²) in [6.07, 6.45) is 0.412. The summed E-state index contributed by atoms with van der Waals surface area (Å²) < 4.78 is 5.64. The molecule has 1 aromatic carbocycles. The maximum atomic E-state index is 13.6. The SMILES string of the molecule is CC(=O)c1c(O)c(C)c(O)c2c1OC1=CC(=O)/C(=C(/C)N[C@@H](CC(N)=O)C(=O)O)C(=O)[C@@]12C. The zero-order valence-electron chi connectivity index (χ0n) is 18.2. The number of nitrogens with two attached hydrogens (primary N) is 1. The molecule has 0 saturated heterocycles. The van der Waals surface area contributed by atoms with Crippen molar-refractivity contribution >= 4 is 29.2 Å². The fourth-order valence-corrected chi connectivity index (χ4v) is 4.10. The third-order valence-corrected chi connectivity index (χ3v) is 5.85. The van der Waals surface area contributed by atoms with E-state index >= 15 is 0 Å². The van der Waals surface area contributed by atoms with Crippen LogP contribution in [-0.4, -0.2) is 50.6 Å². The number of primary amides is 1. The number of ether oxygens (including phenoxy) is 1. The van der Waals surface area contributed by atoms with Gasteiger partial charge in [-0.15, -0.1) is 0 Å². The number of carboxylic acid groups (broad SMARTS) is 1. The maximum Gasteiger partial charge on any atom is 0.326 e. The third kappa shape index (κ3) is 3.41. The number of rotatable bonds is 6. The lowest BCUT2D eigenvalue weighted by Crippen LogP contribution is -2.44. The highest BCUT2D eigenvalue weighted by Crippen LogP contribution is 2.57. The predicted octanol–water partition coefficient (Wildman–Crippen LogP) is 0.487. The number of phenols is 2. The minimum absolute atomic E-state index is 0.0532. The molecule has 6 N–H and O–H groups in total. The van der Waals surface area contributed by atoms with Crippen LogP contribution in [0.1, 0.15) is 48.7 Å². The zero-order valence-corrected chi connectivity index (χ0v) is 18.2. The molecule has 1 heterocycles. The largest absolute Gasteiger partial charge is 0.507 e. The summed E-state index contributed by atoms with van der Waals surface area (Å²) in [5.74, 6) is -5.92. The molecular weight excluding hydrogens is 436 g/mol. The molecule has 174 valence electrons. The van der Waals surface area contributed by atoms with E-state index in [1.54, 1.807) is 0 Å². The van der Waals surface area contributed by atoms with Gasteiger partial charge in [0, 0.05) is 17.3 Å². The normalized spacial score (nSPS) is 21.4. The Balaban J connectivity index is 2.22. The predicted molar refractivity (Wildman–Crippen MR) is 112 cm³/mol. The second-order valence-corrected chi connectivity index (χ2v) is 8.09. The summed E-state index contributed by atoms with van der Waals surface area (Å²) in [4.78, 5) is 61.2. The maximum absolute atomic E-state index is 13.6. The van der Waals surface area contributed by atoms with Crippen molar-refractivity contribution in [3.05, 3.63) is 39.8 Å². The van der Waals surface area contributed by atoms with Gasteiger partial charge in [-0.25, -0.2) is 4.79 Å². The molecule has 11 nitrogen and oxygen atoms in total. The highest BCUT2D eigenvalue weighted by atomic mass is 16.5. The van der Waals surface area contributed by atoms with Crippen LogP contribution in [0.25, 0.3) is 0 Å². The number of phenolic OH excluding ortho intramolecular Hbond substituents is 2. The number of aromatic hydroxyl groups is 2. The minimum Gasteiger partial charge on any atom is -0.507 e. The molecule has 0 unspecified atom stereocenters. The number of carboxylic acids is 1. The van der Waals surface area contributed by atoms with Crippen LogP contribution in [0.2, 0.25) is 0 Å². The number of hydrogen-bond donors (Lipinski definition) is 5. The topological polar surface area (TPSA) is 193 Å². The van der Waals surface area contributed by atoms with E-state index in [2.05, 4.69) is 5.32 Å². The molecule has 0 saturated carbocycles. The smallest absolute Gasteiger partial charge is 0.326 e. The van der Waals surface area contributed by atoms with Crippen LogP contribution in [0.15, 0.2) is 23.1 Å². The fraction of sp³-hybridized carbons (Fsp3) is 0.318. The van der Waals surface area contributed by atoms with Crippen molar-refractivity contribution in [1.29, 1.82) is 0 Å². The summed E-state index contributed by atoms with van der Waals surface area (Å²) in [6.45, 7) is 5.20.